The van der Waals surface area contributed by atoms with Crippen LogP contribution in [0.25, 0.3) is 0 Å². The Morgan fingerprint density at radius 2 is 1.90 bits per heavy atom. The number of rotatable bonds is 1. The summed E-state index contributed by atoms with van der Waals surface area (Å²) in [5.41, 5.74) is 0.331. The quantitative estimate of drug-likeness (QED) is 0.791. The summed E-state index contributed by atoms with van der Waals surface area (Å²) >= 11 is 0. The first-order valence-electron chi connectivity index (χ1n) is 2.58. The van der Waals surface area contributed by atoms with Crippen LogP contribution in [0.3, 0.4) is 0 Å². The van der Waals surface area contributed by atoms with E-state index in [2.05, 4.69) is 0 Å². The average Bonchev–Trinajstić information content (AvgIpc) is 1.89. The fraction of sp³-hybridized carbons (Fsp3) is 0. The second-order valence-electron chi connectivity index (χ2n) is 1.68. The van der Waals surface area contributed by atoms with E-state index in [4.69, 9.17) is 5.11 Å². The predicted molar refractivity (Wildman–Crippen MR) is 33.5 cm³/mol. The van der Waals surface area contributed by atoms with Crippen molar-refractivity contribution in [2.24, 2.45) is 0 Å². The summed E-state index contributed by atoms with van der Waals surface area (Å²) in [6.45, 7) is 0. The summed E-state index contributed by atoms with van der Waals surface area (Å²) in [4.78, 5) is 10.1. The average molecular weight is 314 g/mol. The van der Waals surface area contributed by atoms with Crippen LogP contribution in [0.15, 0.2) is 24.3 Å². The second-order valence-corrected chi connectivity index (χ2v) is 1.68. The van der Waals surface area contributed by atoms with E-state index in [0.29, 0.717) is 11.8 Å². The molecular formula is C7H6IrO2. The van der Waals surface area contributed by atoms with Crippen LogP contribution in [-0.2, 0) is 20.1 Å². The molecule has 0 unspecified atom stereocenters. The van der Waals surface area contributed by atoms with Crippen LogP contribution in [0.4, 0.5) is 0 Å². The number of aldehydes is 1. The van der Waals surface area contributed by atoms with Crippen molar-refractivity contribution in [1.82, 2.24) is 0 Å². The summed E-state index contributed by atoms with van der Waals surface area (Å²) in [6.07, 6.45) is 0.620. The van der Waals surface area contributed by atoms with Gasteiger partial charge in [0.2, 0.25) is 0 Å². The molecule has 1 aromatic rings. The van der Waals surface area contributed by atoms with Gasteiger partial charge in [0, 0.05) is 20.1 Å². The van der Waals surface area contributed by atoms with Gasteiger partial charge in [0.15, 0.2) is 6.29 Å². The van der Waals surface area contributed by atoms with Crippen molar-refractivity contribution < 1.29 is 30.0 Å². The van der Waals surface area contributed by atoms with E-state index in [9.17, 15) is 4.79 Å². The van der Waals surface area contributed by atoms with Crippen LogP contribution in [0.5, 0.6) is 5.75 Å². The molecule has 0 atom stereocenters. The standard InChI is InChI=1S/C7H6O2.Ir/c8-5-6-3-1-2-4-7(6)9;/h1-5,9H;. The van der Waals surface area contributed by atoms with Gasteiger partial charge in [0.1, 0.15) is 5.75 Å². The van der Waals surface area contributed by atoms with Crippen molar-refractivity contribution in [3.63, 3.8) is 0 Å². The van der Waals surface area contributed by atoms with Crippen LogP contribution in [0, 0.1) is 0 Å². The molecule has 0 aliphatic carbocycles. The van der Waals surface area contributed by atoms with Gasteiger partial charge in [-0.05, 0) is 12.1 Å². The molecular weight excluding hydrogens is 308 g/mol. The monoisotopic (exact) mass is 315 g/mol. The Balaban J connectivity index is 0.000000810. The van der Waals surface area contributed by atoms with E-state index in [1.54, 1.807) is 18.2 Å². The Hall–Kier alpha value is -0.661. The van der Waals surface area contributed by atoms with Crippen LogP contribution >= 0.6 is 0 Å². The van der Waals surface area contributed by atoms with Crippen molar-refractivity contribution >= 4 is 6.29 Å². The third kappa shape index (κ3) is 1.94. The summed E-state index contributed by atoms with van der Waals surface area (Å²) in [5.74, 6) is 0.0347. The van der Waals surface area contributed by atoms with Crippen molar-refractivity contribution in [3.05, 3.63) is 29.8 Å². The zero-order chi connectivity index (χ0) is 6.69. The van der Waals surface area contributed by atoms with Gasteiger partial charge in [-0.2, -0.15) is 0 Å². The molecule has 2 nitrogen and oxygen atoms in total. The molecule has 0 bridgehead atoms. The first-order chi connectivity index (χ1) is 4.34. The third-order valence-electron chi connectivity index (χ3n) is 1.06. The van der Waals surface area contributed by atoms with Crippen molar-refractivity contribution in [2.75, 3.05) is 0 Å². The molecule has 1 rings (SSSR count). The van der Waals surface area contributed by atoms with E-state index in [1.807, 2.05) is 0 Å². The predicted octanol–water partition coefficient (Wildman–Crippen LogP) is 1.20. The van der Waals surface area contributed by atoms with Gasteiger partial charge in [-0.3, -0.25) is 4.79 Å². The molecule has 0 saturated heterocycles. The summed E-state index contributed by atoms with van der Waals surface area (Å²) in [7, 11) is 0. The van der Waals surface area contributed by atoms with Crippen LogP contribution in [0.1, 0.15) is 10.4 Å². The molecule has 0 fully saturated rings. The van der Waals surface area contributed by atoms with Crippen molar-refractivity contribution in [2.45, 2.75) is 0 Å². The number of phenolic OH excluding ortho intramolecular Hbond substituents is 1. The number of aromatic hydroxyl groups is 1. The Morgan fingerprint density at radius 1 is 1.30 bits per heavy atom. The fourth-order valence-corrected chi connectivity index (χ4v) is 0.587. The van der Waals surface area contributed by atoms with Gasteiger partial charge >= 0.3 is 0 Å². The van der Waals surface area contributed by atoms with Gasteiger partial charge in [-0.25, -0.2) is 0 Å². The zero-order valence-corrected chi connectivity index (χ0v) is 7.47. The van der Waals surface area contributed by atoms with Crippen molar-refractivity contribution in [3.8, 4) is 5.75 Å². The summed E-state index contributed by atoms with van der Waals surface area (Å²) in [6, 6.07) is 6.40. The number of phenols is 1. The minimum absolute atomic E-state index is 0. The normalized spacial score (nSPS) is 8.00. The van der Waals surface area contributed by atoms with Gasteiger partial charge in [-0.1, -0.05) is 12.1 Å². The maximum Gasteiger partial charge on any atom is 0.153 e. The number of para-hydroxylation sites is 1. The SMILES string of the molecule is O=Cc1ccccc1O.[Ir]. The van der Waals surface area contributed by atoms with E-state index >= 15 is 0 Å². The number of carbonyl (C=O) groups is 1. The summed E-state index contributed by atoms with van der Waals surface area (Å²) in [5, 5.41) is 8.88. The van der Waals surface area contributed by atoms with E-state index < -0.39 is 0 Å². The van der Waals surface area contributed by atoms with Gasteiger partial charge in [0.05, 0.1) is 5.56 Å². The minimum Gasteiger partial charge on any atom is -0.507 e. The van der Waals surface area contributed by atoms with Crippen LogP contribution < -0.4 is 0 Å². The molecule has 0 saturated carbocycles. The number of benzene rings is 1. The molecule has 0 aliphatic heterocycles. The topological polar surface area (TPSA) is 37.3 Å². The Morgan fingerprint density at radius 3 is 2.30 bits per heavy atom. The molecule has 55 valence electrons. The van der Waals surface area contributed by atoms with E-state index in [0.717, 1.165) is 0 Å². The first-order valence-corrected chi connectivity index (χ1v) is 2.58. The first kappa shape index (κ1) is 9.34. The second kappa shape index (κ2) is 4.20. The molecule has 0 amide bonds. The maximum absolute atomic E-state index is 10.1. The molecule has 1 radical (unpaired) electrons. The number of carbonyl (C=O) groups excluding carboxylic acids is 1. The largest absolute Gasteiger partial charge is 0.507 e. The van der Waals surface area contributed by atoms with Crippen LogP contribution in [-0.4, -0.2) is 11.4 Å². The van der Waals surface area contributed by atoms with Gasteiger partial charge in [-0.15, -0.1) is 0 Å². The molecule has 3 heteroatoms. The fourth-order valence-electron chi connectivity index (χ4n) is 0.587. The maximum atomic E-state index is 10.1. The molecule has 1 N–H and O–H groups in total. The molecule has 0 heterocycles. The molecule has 0 spiro atoms. The van der Waals surface area contributed by atoms with Crippen molar-refractivity contribution in [1.29, 1.82) is 0 Å². The van der Waals surface area contributed by atoms with Gasteiger partial charge < -0.3 is 5.11 Å². The number of hydrogen-bond acceptors (Lipinski definition) is 2. The minimum atomic E-state index is 0. The van der Waals surface area contributed by atoms with Crippen LogP contribution in [0.2, 0.25) is 0 Å². The van der Waals surface area contributed by atoms with Gasteiger partial charge in [0.25, 0.3) is 0 Å². The molecule has 10 heavy (non-hydrogen) atoms. The Bertz CT molecular complexity index is 223. The zero-order valence-electron chi connectivity index (χ0n) is 5.08. The smallest absolute Gasteiger partial charge is 0.153 e. The Labute approximate surface area is 72.2 Å². The number of hydrogen-bond donors (Lipinski definition) is 1. The Kier molecular flexibility index (Phi) is 3.92. The molecule has 0 aliphatic rings. The molecule has 0 aromatic heterocycles. The molecule has 1 aromatic carbocycles. The van der Waals surface area contributed by atoms with E-state index in [-0.39, 0.29) is 25.9 Å². The summed E-state index contributed by atoms with van der Waals surface area (Å²) < 4.78 is 0. The van der Waals surface area contributed by atoms with E-state index in [1.165, 1.54) is 6.07 Å². The third-order valence-corrected chi connectivity index (χ3v) is 1.06.